The summed E-state index contributed by atoms with van der Waals surface area (Å²) in [5, 5.41) is 3.80. The Kier molecular flexibility index (Phi) is 3.84. The molecule has 5 nitrogen and oxygen atoms in total. The van der Waals surface area contributed by atoms with Gasteiger partial charge in [0.2, 0.25) is 0 Å². The highest BCUT2D eigenvalue weighted by Crippen LogP contribution is 2.24. The second-order valence-corrected chi connectivity index (χ2v) is 7.31. The summed E-state index contributed by atoms with van der Waals surface area (Å²) in [5.74, 6) is 0. The van der Waals surface area contributed by atoms with Crippen molar-refractivity contribution in [3.8, 4) is 0 Å². The van der Waals surface area contributed by atoms with Gasteiger partial charge in [0.05, 0.1) is 29.5 Å². The van der Waals surface area contributed by atoms with Gasteiger partial charge in [0, 0.05) is 18.5 Å². The molecule has 0 atom stereocenters. The fourth-order valence-corrected chi connectivity index (χ4v) is 4.21. The van der Waals surface area contributed by atoms with E-state index in [4.69, 9.17) is 4.98 Å². The van der Waals surface area contributed by atoms with Crippen LogP contribution in [0.15, 0.2) is 28.6 Å². The molecule has 124 valence electrons. The van der Waals surface area contributed by atoms with Gasteiger partial charge in [-0.05, 0) is 43.9 Å². The van der Waals surface area contributed by atoms with Crippen LogP contribution in [0, 0.1) is 13.8 Å². The summed E-state index contributed by atoms with van der Waals surface area (Å²) < 4.78 is 1.66. The van der Waals surface area contributed by atoms with Crippen LogP contribution in [0.2, 0.25) is 0 Å². The zero-order valence-electron chi connectivity index (χ0n) is 14.0. The van der Waals surface area contributed by atoms with Gasteiger partial charge in [-0.2, -0.15) is 0 Å². The lowest BCUT2D eigenvalue weighted by atomic mass is 10.1. The number of nitrogens with zero attached hydrogens (tertiary/aromatic N) is 4. The number of hydrogen-bond donors (Lipinski definition) is 0. The van der Waals surface area contributed by atoms with E-state index in [1.165, 1.54) is 12.8 Å². The van der Waals surface area contributed by atoms with Crippen LogP contribution < -0.4 is 10.5 Å². The summed E-state index contributed by atoms with van der Waals surface area (Å²) in [7, 11) is 0. The molecule has 0 bridgehead atoms. The van der Waals surface area contributed by atoms with E-state index in [0.29, 0.717) is 11.9 Å². The Morgan fingerprint density at radius 3 is 2.79 bits per heavy atom. The Labute approximate surface area is 144 Å². The topological polar surface area (TPSA) is 51.0 Å². The molecule has 0 unspecified atom stereocenters. The fraction of sp³-hybridized carbons (Fsp3) is 0.389. The number of benzene rings is 1. The third-order valence-corrected chi connectivity index (χ3v) is 5.46. The molecule has 6 heteroatoms. The summed E-state index contributed by atoms with van der Waals surface area (Å²) in [5.41, 5.74) is 3.84. The van der Waals surface area contributed by atoms with Crippen molar-refractivity contribution in [1.29, 1.82) is 0 Å². The second-order valence-electron chi connectivity index (χ2n) is 6.47. The highest BCUT2D eigenvalue weighted by Gasteiger charge is 2.16. The zero-order chi connectivity index (χ0) is 16.7. The largest absolute Gasteiger partial charge is 0.348 e. The molecule has 3 heterocycles. The predicted molar refractivity (Wildman–Crippen MR) is 98.1 cm³/mol. The molecular weight excluding hydrogens is 320 g/mol. The molecule has 0 N–H and O–H groups in total. The number of aryl methyl sites for hydroxylation is 2. The third-order valence-electron chi connectivity index (χ3n) is 4.51. The Hall–Kier alpha value is -2.21. The van der Waals surface area contributed by atoms with Crippen molar-refractivity contribution in [2.75, 3.05) is 18.0 Å². The molecule has 4 rings (SSSR count). The lowest BCUT2D eigenvalue weighted by Gasteiger charge is -2.12. The number of hydrogen-bond acceptors (Lipinski definition) is 5. The summed E-state index contributed by atoms with van der Waals surface area (Å²) >= 11 is 1.66. The molecule has 3 aromatic rings. The lowest BCUT2D eigenvalue weighted by Crippen LogP contribution is -2.22. The van der Waals surface area contributed by atoms with Crippen molar-refractivity contribution in [2.24, 2.45) is 0 Å². The highest BCUT2D eigenvalue weighted by atomic mass is 32.1. The van der Waals surface area contributed by atoms with Crippen LogP contribution in [-0.2, 0) is 6.54 Å². The van der Waals surface area contributed by atoms with Gasteiger partial charge in [-0.1, -0.05) is 6.07 Å². The first-order valence-corrected chi connectivity index (χ1v) is 9.15. The molecule has 1 aromatic carbocycles. The molecule has 0 amide bonds. The standard InChI is InChI=1S/C18H20N4OS/c1-12-7-13(2)16-15(8-12)17(23)22(11-19-16)9-14-10-24-18(20-14)21-5-3-4-6-21/h7-8,10-11H,3-6,9H2,1-2H3. The van der Waals surface area contributed by atoms with Crippen LogP contribution in [0.3, 0.4) is 0 Å². The molecule has 2 aromatic heterocycles. The summed E-state index contributed by atoms with van der Waals surface area (Å²) in [6, 6.07) is 3.98. The Morgan fingerprint density at radius 1 is 1.21 bits per heavy atom. The number of anilines is 1. The van der Waals surface area contributed by atoms with Crippen LogP contribution in [0.25, 0.3) is 10.9 Å². The molecule has 1 aliphatic rings. The molecule has 0 radical (unpaired) electrons. The average molecular weight is 340 g/mol. The minimum atomic E-state index is 0.00234. The Bertz CT molecular complexity index is 953. The Morgan fingerprint density at radius 2 is 2.00 bits per heavy atom. The number of fused-ring (bicyclic) bond motifs is 1. The molecule has 1 saturated heterocycles. The highest BCUT2D eigenvalue weighted by molar-refractivity contribution is 7.13. The van der Waals surface area contributed by atoms with E-state index < -0.39 is 0 Å². The summed E-state index contributed by atoms with van der Waals surface area (Å²) in [6.45, 7) is 6.64. The summed E-state index contributed by atoms with van der Waals surface area (Å²) in [6.07, 6.45) is 4.12. The minimum Gasteiger partial charge on any atom is -0.348 e. The molecule has 0 aliphatic carbocycles. The van der Waals surface area contributed by atoms with Gasteiger partial charge in [0.1, 0.15) is 0 Å². The van der Waals surface area contributed by atoms with E-state index in [-0.39, 0.29) is 5.56 Å². The molecule has 0 saturated carbocycles. The van der Waals surface area contributed by atoms with Crippen molar-refractivity contribution < 1.29 is 0 Å². The van der Waals surface area contributed by atoms with E-state index in [1.54, 1.807) is 22.2 Å². The smallest absolute Gasteiger partial charge is 0.261 e. The number of rotatable bonds is 3. The molecule has 0 spiro atoms. The first-order valence-electron chi connectivity index (χ1n) is 8.27. The first kappa shape index (κ1) is 15.3. The maximum atomic E-state index is 12.8. The van der Waals surface area contributed by atoms with Crippen LogP contribution in [0.4, 0.5) is 5.13 Å². The van der Waals surface area contributed by atoms with Gasteiger partial charge in [0.15, 0.2) is 5.13 Å². The van der Waals surface area contributed by atoms with Crippen molar-refractivity contribution in [1.82, 2.24) is 14.5 Å². The molecule has 24 heavy (non-hydrogen) atoms. The quantitative estimate of drug-likeness (QED) is 0.735. The van der Waals surface area contributed by atoms with E-state index in [2.05, 4.69) is 16.0 Å². The van der Waals surface area contributed by atoms with Gasteiger partial charge in [-0.15, -0.1) is 11.3 Å². The van der Waals surface area contributed by atoms with Crippen molar-refractivity contribution >= 4 is 27.4 Å². The minimum absolute atomic E-state index is 0.00234. The van der Waals surface area contributed by atoms with Crippen molar-refractivity contribution in [3.05, 3.63) is 51.0 Å². The van der Waals surface area contributed by atoms with E-state index in [9.17, 15) is 4.79 Å². The van der Waals surface area contributed by atoms with Gasteiger partial charge in [-0.25, -0.2) is 9.97 Å². The van der Waals surface area contributed by atoms with Crippen molar-refractivity contribution in [3.63, 3.8) is 0 Å². The first-order chi connectivity index (χ1) is 11.6. The van der Waals surface area contributed by atoms with Gasteiger partial charge < -0.3 is 4.90 Å². The summed E-state index contributed by atoms with van der Waals surface area (Å²) in [4.78, 5) is 24.3. The maximum Gasteiger partial charge on any atom is 0.261 e. The third kappa shape index (κ3) is 2.71. The average Bonchev–Trinajstić information content (AvgIpc) is 3.21. The van der Waals surface area contributed by atoms with Gasteiger partial charge in [-0.3, -0.25) is 9.36 Å². The molecule has 1 fully saturated rings. The number of aromatic nitrogens is 3. The monoisotopic (exact) mass is 340 g/mol. The Balaban J connectivity index is 1.67. The lowest BCUT2D eigenvalue weighted by molar-refractivity contribution is 0.732. The second kappa shape index (κ2) is 6.02. The van der Waals surface area contributed by atoms with Gasteiger partial charge in [0.25, 0.3) is 5.56 Å². The van der Waals surface area contributed by atoms with E-state index in [1.807, 2.05) is 25.3 Å². The van der Waals surface area contributed by atoms with E-state index >= 15 is 0 Å². The molecule has 1 aliphatic heterocycles. The van der Waals surface area contributed by atoms with Crippen LogP contribution in [-0.4, -0.2) is 27.6 Å². The van der Waals surface area contributed by atoms with Crippen LogP contribution in [0.5, 0.6) is 0 Å². The van der Waals surface area contributed by atoms with Crippen LogP contribution in [0.1, 0.15) is 29.7 Å². The zero-order valence-corrected chi connectivity index (χ0v) is 14.8. The van der Waals surface area contributed by atoms with Crippen LogP contribution >= 0.6 is 11.3 Å². The van der Waals surface area contributed by atoms with E-state index in [0.717, 1.165) is 40.6 Å². The normalized spacial score (nSPS) is 14.7. The fourth-order valence-electron chi connectivity index (χ4n) is 3.34. The van der Waals surface area contributed by atoms with Crippen molar-refractivity contribution in [2.45, 2.75) is 33.2 Å². The SMILES string of the molecule is Cc1cc(C)c2ncn(Cc3csc(N4CCCC4)n3)c(=O)c2c1. The number of thiazole rings is 1. The predicted octanol–water partition coefficient (Wildman–Crippen LogP) is 3.12. The van der Waals surface area contributed by atoms with Gasteiger partial charge >= 0.3 is 0 Å². The molecular formula is C18H20N4OS. The maximum absolute atomic E-state index is 12.8.